The fraction of sp³-hybridized carbons (Fsp3) is 0.643. The Bertz CT molecular complexity index is 530. The van der Waals surface area contributed by atoms with Crippen molar-refractivity contribution < 1.29 is 4.79 Å². The first-order valence-corrected chi connectivity index (χ1v) is 7.27. The molecular weight excluding hydrogens is 268 g/mol. The third-order valence-corrected chi connectivity index (χ3v) is 4.02. The number of hydrazine groups is 1. The minimum absolute atomic E-state index is 0.0945. The first-order valence-electron chi connectivity index (χ1n) is 7.27. The molecule has 0 aliphatic carbocycles. The molecule has 1 aliphatic rings. The van der Waals surface area contributed by atoms with Crippen LogP contribution in [0, 0.1) is 0 Å². The fourth-order valence-electron chi connectivity index (χ4n) is 2.82. The molecule has 0 radical (unpaired) electrons. The highest BCUT2D eigenvalue weighted by atomic mass is 16.2. The first kappa shape index (κ1) is 15.5. The summed E-state index contributed by atoms with van der Waals surface area (Å²) in [6.45, 7) is 7.38. The lowest BCUT2D eigenvalue weighted by molar-refractivity contribution is -0.136. The highest BCUT2D eigenvalue weighted by molar-refractivity contribution is 5.90. The van der Waals surface area contributed by atoms with Crippen LogP contribution in [0.4, 0.5) is 11.6 Å². The Balaban J connectivity index is 2.48. The number of carbonyl (C=O) groups excluding carboxylic acids is 1. The number of nitrogen functional groups attached to an aromatic ring is 1. The summed E-state index contributed by atoms with van der Waals surface area (Å²) in [5, 5.41) is 0. The van der Waals surface area contributed by atoms with E-state index in [1.54, 1.807) is 4.90 Å². The summed E-state index contributed by atoms with van der Waals surface area (Å²) in [6, 6.07) is 0. The van der Waals surface area contributed by atoms with Gasteiger partial charge in [0.1, 0.15) is 23.5 Å². The maximum Gasteiger partial charge on any atom is 0.247 e. The lowest BCUT2D eigenvalue weighted by atomic mass is 9.96. The van der Waals surface area contributed by atoms with Crippen LogP contribution in [0.1, 0.15) is 32.8 Å². The lowest BCUT2D eigenvalue weighted by Crippen LogP contribution is -2.62. The van der Waals surface area contributed by atoms with E-state index < -0.39 is 5.54 Å². The van der Waals surface area contributed by atoms with E-state index in [0.29, 0.717) is 12.4 Å². The summed E-state index contributed by atoms with van der Waals surface area (Å²) in [5.74, 6) is 7.08. The molecule has 7 heteroatoms. The molecule has 0 spiro atoms. The molecule has 21 heavy (non-hydrogen) atoms. The van der Waals surface area contributed by atoms with Crippen molar-refractivity contribution in [2.75, 3.05) is 30.5 Å². The number of carbonyl (C=O) groups is 1. The number of nitrogens with zero attached hydrogens (tertiary/aromatic N) is 4. The number of nitrogens with two attached hydrogens (primary N) is 1. The standard InChI is InChI=1S/C14H24N6O/c1-5-6-10-11(18-15)16-9-17-12(10)20-8-7-19(4)13(21)14(20,2)3/h9H,5-8,15H2,1-4H3,(H,16,17,18). The van der Waals surface area contributed by atoms with Gasteiger partial charge in [-0.1, -0.05) is 13.3 Å². The van der Waals surface area contributed by atoms with E-state index in [2.05, 4.69) is 27.2 Å². The van der Waals surface area contributed by atoms with Gasteiger partial charge in [0.15, 0.2) is 0 Å². The lowest BCUT2D eigenvalue weighted by Gasteiger charge is -2.46. The maximum atomic E-state index is 12.5. The molecule has 116 valence electrons. The third-order valence-electron chi connectivity index (χ3n) is 4.02. The topological polar surface area (TPSA) is 87.4 Å². The normalized spacial score (nSPS) is 18.0. The van der Waals surface area contributed by atoms with Gasteiger partial charge < -0.3 is 15.2 Å². The number of amides is 1. The Kier molecular flexibility index (Phi) is 4.32. The molecule has 3 N–H and O–H groups in total. The van der Waals surface area contributed by atoms with Gasteiger partial charge in [-0.15, -0.1) is 0 Å². The van der Waals surface area contributed by atoms with Gasteiger partial charge in [0, 0.05) is 25.7 Å². The van der Waals surface area contributed by atoms with E-state index in [1.165, 1.54) is 6.33 Å². The number of rotatable bonds is 4. The fourth-order valence-corrected chi connectivity index (χ4v) is 2.82. The van der Waals surface area contributed by atoms with Crippen LogP contribution in [-0.2, 0) is 11.2 Å². The third kappa shape index (κ3) is 2.65. The number of likely N-dealkylation sites (N-methyl/N-ethyl adjacent to an activating group) is 1. The first-order chi connectivity index (χ1) is 9.93. The number of hydrogen-bond acceptors (Lipinski definition) is 6. The average Bonchev–Trinajstić information content (AvgIpc) is 2.46. The largest absolute Gasteiger partial charge is 0.342 e. The highest BCUT2D eigenvalue weighted by Gasteiger charge is 2.42. The van der Waals surface area contributed by atoms with Crippen molar-refractivity contribution in [1.29, 1.82) is 0 Å². The summed E-state index contributed by atoms with van der Waals surface area (Å²) >= 11 is 0. The van der Waals surface area contributed by atoms with Crippen LogP contribution in [0.25, 0.3) is 0 Å². The summed E-state index contributed by atoms with van der Waals surface area (Å²) in [5.41, 5.74) is 2.97. The molecule has 7 nitrogen and oxygen atoms in total. The van der Waals surface area contributed by atoms with E-state index in [0.717, 1.165) is 30.8 Å². The van der Waals surface area contributed by atoms with Crippen LogP contribution >= 0.6 is 0 Å². The Hall–Kier alpha value is -1.89. The van der Waals surface area contributed by atoms with Crippen molar-refractivity contribution in [2.45, 2.75) is 39.2 Å². The van der Waals surface area contributed by atoms with Crippen molar-refractivity contribution in [1.82, 2.24) is 14.9 Å². The second kappa shape index (κ2) is 5.85. The van der Waals surface area contributed by atoms with Gasteiger partial charge in [0.25, 0.3) is 0 Å². The molecule has 1 fully saturated rings. The molecule has 2 rings (SSSR count). The summed E-state index contributed by atoms with van der Waals surface area (Å²) in [7, 11) is 1.83. The zero-order chi connectivity index (χ0) is 15.6. The smallest absolute Gasteiger partial charge is 0.247 e. The molecule has 0 saturated carbocycles. The van der Waals surface area contributed by atoms with Gasteiger partial charge in [-0.3, -0.25) is 4.79 Å². The predicted molar refractivity (Wildman–Crippen MR) is 82.9 cm³/mol. The summed E-state index contributed by atoms with van der Waals surface area (Å²) in [6.07, 6.45) is 3.26. The van der Waals surface area contributed by atoms with Gasteiger partial charge >= 0.3 is 0 Å². The maximum absolute atomic E-state index is 12.5. The molecule has 2 heterocycles. The Morgan fingerprint density at radius 3 is 2.71 bits per heavy atom. The number of piperazine rings is 1. The molecule has 1 aliphatic heterocycles. The van der Waals surface area contributed by atoms with Crippen LogP contribution in [0.2, 0.25) is 0 Å². The van der Waals surface area contributed by atoms with Crippen LogP contribution in [0.3, 0.4) is 0 Å². The molecule has 0 bridgehead atoms. The number of hydrogen-bond donors (Lipinski definition) is 2. The minimum Gasteiger partial charge on any atom is -0.342 e. The van der Waals surface area contributed by atoms with Crippen LogP contribution < -0.4 is 16.2 Å². The molecule has 1 aromatic heterocycles. The molecule has 1 aromatic rings. The Morgan fingerprint density at radius 1 is 1.38 bits per heavy atom. The van der Waals surface area contributed by atoms with Crippen molar-refractivity contribution >= 4 is 17.5 Å². The van der Waals surface area contributed by atoms with Crippen molar-refractivity contribution in [3.8, 4) is 0 Å². The van der Waals surface area contributed by atoms with E-state index >= 15 is 0 Å². The van der Waals surface area contributed by atoms with Crippen molar-refractivity contribution in [2.24, 2.45) is 5.84 Å². The second-order valence-electron chi connectivity index (χ2n) is 5.86. The molecule has 0 atom stereocenters. The van der Waals surface area contributed by atoms with Crippen LogP contribution in [0.15, 0.2) is 6.33 Å². The molecule has 0 unspecified atom stereocenters. The van der Waals surface area contributed by atoms with E-state index in [4.69, 9.17) is 5.84 Å². The van der Waals surface area contributed by atoms with Gasteiger partial charge in [-0.25, -0.2) is 15.8 Å². The quantitative estimate of drug-likeness (QED) is 0.629. The van der Waals surface area contributed by atoms with Gasteiger partial charge in [-0.2, -0.15) is 0 Å². The number of nitrogens with one attached hydrogen (secondary N) is 1. The minimum atomic E-state index is -0.629. The van der Waals surface area contributed by atoms with Crippen LogP contribution in [-0.4, -0.2) is 46.5 Å². The number of anilines is 2. The monoisotopic (exact) mass is 292 g/mol. The van der Waals surface area contributed by atoms with Gasteiger partial charge in [-0.05, 0) is 20.3 Å². The van der Waals surface area contributed by atoms with Crippen LogP contribution in [0.5, 0.6) is 0 Å². The summed E-state index contributed by atoms with van der Waals surface area (Å²) in [4.78, 5) is 24.9. The molecule has 1 amide bonds. The molecule has 1 saturated heterocycles. The van der Waals surface area contributed by atoms with Crippen molar-refractivity contribution in [3.63, 3.8) is 0 Å². The van der Waals surface area contributed by atoms with E-state index in [-0.39, 0.29) is 5.91 Å². The Labute approximate surface area is 125 Å². The van der Waals surface area contributed by atoms with Crippen molar-refractivity contribution in [3.05, 3.63) is 11.9 Å². The SMILES string of the molecule is CCCc1c(NN)ncnc1N1CCN(C)C(=O)C1(C)C. The summed E-state index contributed by atoms with van der Waals surface area (Å²) < 4.78 is 0. The van der Waals surface area contributed by atoms with E-state index in [9.17, 15) is 4.79 Å². The number of aromatic nitrogens is 2. The highest BCUT2D eigenvalue weighted by Crippen LogP contribution is 2.32. The van der Waals surface area contributed by atoms with Gasteiger partial charge in [0.05, 0.1) is 0 Å². The zero-order valence-corrected chi connectivity index (χ0v) is 13.2. The zero-order valence-electron chi connectivity index (χ0n) is 13.2. The molecule has 0 aromatic carbocycles. The Morgan fingerprint density at radius 2 is 2.10 bits per heavy atom. The van der Waals surface area contributed by atoms with E-state index in [1.807, 2.05) is 20.9 Å². The van der Waals surface area contributed by atoms with Gasteiger partial charge in [0.2, 0.25) is 5.91 Å². The molecular formula is C14H24N6O. The average molecular weight is 292 g/mol. The predicted octanol–water partition coefficient (Wildman–Crippen LogP) is 0.772. The second-order valence-corrected chi connectivity index (χ2v) is 5.86.